The number of carbonyl (C=O) groups excluding carboxylic acids is 1. The number of nitrogens with two attached hydrogens (primary N) is 1. The van der Waals surface area contributed by atoms with E-state index in [4.69, 9.17) is 20.3 Å². The fourth-order valence-electron chi connectivity index (χ4n) is 3.93. The number of carboxylic acid groups (broad SMARTS) is 1. The van der Waals surface area contributed by atoms with Crippen LogP contribution in [0.5, 0.6) is 0 Å². The molecule has 2 aromatic rings. The van der Waals surface area contributed by atoms with Gasteiger partial charge in [-0.1, -0.05) is 49.4 Å². The zero-order chi connectivity index (χ0) is 24.2. The van der Waals surface area contributed by atoms with Crippen molar-refractivity contribution < 1.29 is 24.2 Å². The Bertz CT molecular complexity index is 880. The van der Waals surface area contributed by atoms with E-state index in [2.05, 4.69) is 10.6 Å². The molecule has 182 valence electrons. The second-order valence-corrected chi connectivity index (χ2v) is 8.03. The first-order valence-electron chi connectivity index (χ1n) is 11.6. The predicted octanol–water partition coefficient (Wildman–Crippen LogP) is 3.80. The molecule has 5 N–H and O–H groups in total. The van der Waals surface area contributed by atoms with Gasteiger partial charge in [0.1, 0.15) is 0 Å². The predicted molar refractivity (Wildman–Crippen MR) is 129 cm³/mol. The van der Waals surface area contributed by atoms with E-state index in [1.165, 1.54) is 0 Å². The van der Waals surface area contributed by atoms with Crippen LogP contribution >= 0.6 is 0 Å². The van der Waals surface area contributed by atoms with Crippen LogP contribution in [0.2, 0.25) is 0 Å². The molecule has 8 heteroatoms. The van der Waals surface area contributed by atoms with E-state index >= 15 is 0 Å². The Morgan fingerprint density at radius 3 is 2.36 bits per heavy atom. The lowest BCUT2D eigenvalue weighted by Gasteiger charge is -2.33. The van der Waals surface area contributed by atoms with Gasteiger partial charge in [-0.05, 0) is 49.4 Å². The number of hydrogen-bond donors (Lipinski definition) is 4. The molecule has 0 radical (unpaired) electrons. The van der Waals surface area contributed by atoms with Gasteiger partial charge in [0.25, 0.3) is 0 Å². The molecule has 0 aliphatic rings. The topological polar surface area (TPSA) is 123 Å². The Kier molecular flexibility index (Phi) is 11.1. The molecule has 0 bridgehead atoms. The van der Waals surface area contributed by atoms with Crippen LogP contribution in [0.25, 0.3) is 10.8 Å². The first kappa shape index (κ1) is 26.6. The molecule has 0 saturated heterocycles. The molecular weight excluding hydrogens is 422 g/mol. The van der Waals surface area contributed by atoms with Crippen molar-refractivity contribution >= 4 is 22.8 Å². The molecule has 0 spiro atoms. The van der Waals surface area contributed by atoms with Crippen molar-refractivity contribution in [1.29, 1.82) is 0 Å². The minimum absolute atomic E-state index is 0.174. The third kappa shape index (κ3) is 7.99. The van der Waals surface area contributed by atoms with E-state index in [0.29, 0.717) is 39.0 Å². The van der Waals surface area contributed by atoms with Crippen molar-refractivity contribution in [2.75, 3.05) is 19.8 Å². The third-order valence-electron chi connectivity index (χ3n) is 5.63. The summed E-state index contributed by atoms with van der Waals surface area (Å²) >= 11 is 0. The van der Waals surface area contributed by atoms with E-state index in [-0.39, 0.29) is 17.9 Å². The lowest BCUT2D eigenvalue weighted by Crippen LogP contribution is -2.46. The summed E-state index contributed by atoms with van der Waals surface area (Å²) < 4.78 is 11.7. The van der Waals surface area contributed by atoms with E-state index < -0.39 is 18.4 Å². The summed E-state index contributed by atoms with van der Waals surface area (Å²) in [7, 11) is 0. The SMILES string of the molecule is CCOC(OCC)[C@@H](C)[C@H](NC(=O)C(N)CCCCNC(=O)O)c1cccc2ccccc12. The summed E-state index contributed by atoms with van der Waals surface area (Å²) in [6.07, 6.45) is 0.186. The highest BCUT2D eigenvalue weighted by atomic mass is 16.7. The summed E-state index contributed by atoms with van der Waals surface area (Å²) in [6, 6.07) is 13.0. The number of rotatable bonds is 14. The van der Waals surface area contributed by atoms with Gasteiger partial charge in [0, 0.05) is 25.7 Å². The second kappa shape index (κ2) is 13.8. The standard InChI is InChI=1S/C25H37N3O5/c1-4-32-24(33-5-2)17(3)22(20-14-10-12-18-11-6-7-13-19(18)20)28-23(29)21(26)15-8-9-16-27-25(30)31/h6-7,10-14,17,21-22,24,27H,4-5,8-9,15-16,26H2,1-3H3,(H,28,29)(H,30,31)/t17-,21?,22-/m0/s1. The van der Waals surface area contributed by atoms with Crippen LogP contribution < -0.4 is 16.4 Å². The van der Waals surface area contributed by atoms with Crippen molar-refractivity contribution in [2.24, 2.45) is 11.7 Å². The number of amides is 2. The molecule has 0 aromatic heterocycles. The Morgan fingerprint density at radius 1 is 1.03 bits per heavy atom. The quantitative estimate of drug-likeness (QED) is 0.252. The second-order valence-electron chi connectivity index (χ2n) is 8.03. The summed E-state index contributed by atoms with van der Waals surface area (Å²) in [5, 5.41) is 16.2. The van der Waals surface area contributed by atoms with E-state index in [1.54, 1.807) is 0 Å². The molecule has 2 amide bonds. The Hall–Kier alpha value is -2.68. The number of unbranched alkanes of at least 4 members (excludes halogenated alkanes) is 1. The van der Waals surface area contributed by atoms with Crippen molar-refractivity contribution in [1.82, 2.24) is 10.6 Å². The summed E-state index contributed by atoms with van der Waals surface area (Å²) in [5.74, 6) is -0.427. The lowest BCUT2D eigenvalue weighted by atomic mass is 9.89. The van der Waals surface area contributed by atoms with Gasteiger partial charge in [0.05, 0.1) is 12.1 Å². The first-order chi connectivity index (χ1) is 15.9. The average molecular weight is 460 g/mol. The molecule has 1 unspecified atom stereocenters. The highest BCUT2D eigenvalue weighted by molar-refractivity contribution is 5.87. The van der Waals surface area contributed by atoms with Crippen LogP contribution in [0.15, 0.2) is 42.5 Å². The van der Waals surface area contributed by atoms with Gasteiger partial charge in [-0.2, -0.15) is 0 Å². The van der Waals surface area contributed by atoms with Crippen LogP contribution in [-0.4, -0.2) is 49.2 Å². The van der Waals surface area contributed by atoms with Crippen molar-refractivity contribution in [3.8, 4) is 0 Å². The van der Waals surface area contributed by atoms with E-state index in [9.17, 15) is 9.59 Å². The molecule has 2 rings (SSSR count). The molecule has 8 nitrogen and oxygen atoms in total. The van der Waals surface area contributed by atoms with Crippen molar-refractivity contribution in [3.63, 3.8) is 0 Å². The molecular formula is C25H37N3O5. The normalized spacial score (nSPS) is 14.1. The van der Waals surface area contributed by atoms with Gasteiger partial charge in [-0.25, -0.2) is 4.79 Å². The Balaban J connectivity index is 2.22. The Labute approximate surface area is 195 Å². The number of nitrogens with one attached hydrogen (secondary N) is 2. The van der Waals surface area contributed by atoms with Crippen molar-refractivity contribution in [3.05, 3.63) is 48.0 Å². The zero-order valence-corrected chi connectivity index (χ0v) is 19.8. The number of fused-ring (bicyclic) bond motifs is 1. The van der Waals surface area contributed by atoms with E-state index in [1.807, 2.05) is 63.2 Å². The molecule has 0 aliphatic carbocycles. The monoisotopic (exact) mass is 459 g/mol. The fourth-order valence-corrected chi connectivity index (χ4v) is 3.93. The molecule has 0 fully saturated rings. The summed E-state index contributed by atoms with van der Waals surface area (Å²) in [5.41, 5.74) is 7.16. The number of carbonyl (C=O) groups is 2. The minimum Gasteiger partial charge on any atom is -0.465 e. The molecule has 2 aromatic carbocycles. The molecule has 0 heterocycles. The first-order valence-corrected chi connectivity index (χ1v) is 11.6. The minimum atomic E-state index is -1.05. The van der Waals surface area contributed by atoms with Gasteiger partial charge in [0.15, 0.2) is 6.29 Å². The fraction of sp³-hybridized carbons (Fsp3) is 0.520. The average Bonchev–Trinajstić information content (AvgIpc) is 2.81. The molecule has 3 atom stereocenters. The highest BCUT2D eigenvalue weighted by Gasteiger charge is 2.31. The third-order valence-corrected chi connectivity index (χ3v) is 5.63. The maximum atomic E-state index is 13.1. The lowest BCUT2D eigenvalue weighted by molar-refractivity contribution is -0.170. The van der Waals surface area contributed by atoms with Gasteiger partial charge in [-0.3, -0.25) is 4.79 Å². The molecule has 0 saturated carbocycles. The maximum Gasteiger partial charge on any atom is 0.404 e. The summed E-state index contributed by atoms with van der Waals surface area (Å²) in [6.45, 7) is 7.17. The largest absolute Gasteiger partial charge is 0.465 e. The van der Waals surface area contributed by atoms with Crippen LogP contribution in [-0.2, 0) is 14.3 Å². The smallest absolute Gasteiger partial charge is 0.404 e. The summed E-state index contributed by atoms with van der Waals surface area (Å²) in [4.78, 5) is 23.6. The van der Waals surface area contributed by atoms with Crippen molar-refractivity contribution in [2.45, 2.75) is 58.4 Å². The number of benzene rings is 2. The molecule has 33 heavy (non-hydrogen) atoms. The molecule has 0 aliphatic heterocycles. The van der Waals surface area contributed by atoms with Gasteiger partial charge in [-0.15, -0.1) is 0 Å². The van der Waals surface area contributed by atoms with Crippen LogP contribution in [0.1, 0.15) is 51.6 Å². The van der Waals surface area contributed by atoms with Crippen LogP contribution in [0, 0.1) is 5.92 Å². The van der Waals surface area contributed by atoms with Crippen LogP contribution in [0.4, 0.5) is 4.79 Å². The van der Waals surface area contributed by atoms with Gasteiger partial charge in [0.2, 0.25) is 5.91 Å². The zero-order valence-electron chi connectivity index (χ0n) is 19.8. The maximum absolute atomic E-state index is 13.1. The number of hydrogen-bond acceptors (Lipinski definition) is 5. The highest BCUT2D eigenvalue weighted by Crippen LogP contribution is 2.32. The number of ether oxygens (including phenoxy) is 2. The van der Waals surface area contributed by atoms with Gasteiger partial charge < -0.3 is 30.9 Å². The van der Waals surface area contributed by atoms with Crippen LogP contribution in [0.3, 0.4) is 0 Å². The van der Waals surface area contributed by atoms with Gasteiger partial charge >= 0.3 is 6.09 Å². The van der Waals surface area contributed by atoms with E-state index in [0.717, 1.165) is 16.3 Å². The Morgan fingerprint density at radius 2 is 1.70 bits per heavy atom.